The number of ether oxygens (including phenoxy) is 2. The zero-order valence-corrected chi connectivity index (χ0v) is 21.0. The van der Waals surface area contributed by atoms with E-state index in [1.54, 1.807) is 18.1 Å². The number of methoxy groups -OCH3 is 2. The van der Waals surface area contributed by atoms with Gasteiger partial charge < -0.3 is 24.4 Å². The van der Waals surface area contributed by atoms with Crippen LogP contribution in [0.2, 0.25) is 0 Å². The lowest BCUT2D eigenvalue weighted by molar-refractivity contribution is 0.0597. The first-order chi connectivity index (χ1) is 16.7. The Hall–Kier alpha value is -3.26. The number of nitrogens with zero attached hydrogens (tertiary/aromatic N) is 3. The number of phenolic OH excluding ortho intramolecular Hbond substituents is 1. The minimum atomic E-state index is -0.346. The van der Waals surface area contributed by atoms with Crippen molar-refractivity contribution in [2.24, 2.45) is 0 Å². The lowest BCUT2D eigenvalue weighted by Crippen LogP contribution is -2.50. The summed E-state index contributed by atoms with van der Waals surface area (Å²) in [6.07, 6.45) is 1.43. The summed E-state index contributed by atoms with van der Waals surface area (Å²) in [5, 5.41) is 9.86. The number of hydrogen-bond acceptors (Lipinski definition) is 6. The van der Waals surface area contributed by atoms with Crippen LogP contribution in [0.25, 0.3) is 0 Å². The molecule has 0 saturated carbocycles. The second-order valence-corrected chi connectivity index (χ2v) is 9.87. The molecule has 2 aliphatic heterocycles. The Labute approximate surface area is 207 Å². The second kappa shape index (κ2) is 10.2. The molecule has 188 valence electrons. The molecule has 0 atom stereocenters. The van der Waals surface area contributed by atoms with Gasteiger partial charge in [0.25, 0.3) is 5.91 Å². The molecule has 1 N–H and O–H groups in total. The minimum Gasteiger partial charge on any atom is -0.504 e. The lowest BCUT2D eigenvalue weighted by atomic mass is 9.93. The molecule has 0 radical (unpaired) electrons. The van der Waals surface area contributed by atoms with Gasteiger partial charge in [0.1, 0.15) is 0 Å². The van der Waals surface area contributed by atoms with Gasteiger partial charge in [-0.2, -0.15) is 0 Å². The van der Waals surface area contributed by atoms with Gasteiger partial charge in [0.2, 0.25) is 0 Å². The molecule has 2 heterocycles. The third-order valence-corrected chi connectivity index (χ3v) is 7.34. The predicted molar refractivity (Wildman–Crippen MR) is 133 cm³/mol. The smallest absolute Gasteiger partial charge is 0.409 e. The summed E-state index contributed by atoms with van der Waals surface area (Å²) in [6, 6.07) is 11.5. The number of fused-ring (bicyclic) bond motifs is 1. The van der Waals surface area contributed by atoms with Crippen LogP contribution in [0.1, 0.15) is 47.3 Å². The van der Waals surface area contributed by atoms with Crippen LogP contribution in [-0.2, 0) is 24.2 Å². The molecule has 4 rings (SSSR count). The standard InChI is InChI=1S/C27H35N3O5/c1-27(2,11-10-19-8-9-23(31)24(16-19)34-3)30-17-20-6-5-7-21(22(20)18-30)25(32)28-12-14-29(15-13-28)26(33)35-4/h5-9,16,31H,10-15,17-18H2,1-4H3. The molecule has 2 aromatic rings. The number of benzene rings is 2. The lowest BCUT2D eigenvalue weighted by Gasteiger charge is -2.36. The van der Waals surface area contributed by atoms with Gasteiger partial charge in [-0.25, -0.2) is 4.79 Å². The molecule has 0 aromatic heterocycles. The summed E-state index contributed by atoms with van der Waals surface area (Å²) in [5.74, 6) is 0.668. The molecule has 1 saturated heterocycles. The molecule has 0 spiro atoms. The van der Waals surface area contributed by atoms with Crippen LogP contribution in [-0.4, -0.2) is 77.7 Å². The van der Waals surface area contributed by atoms with E-state index < -0.39 is 0 Å². The van der Waals surface area contributed by atoms with E-state index in [-0.39, 0.29) is 23.3 Å². The molecule has 2 aromatic carbocycles. The van der Waals surface area contributed by atoms with Crippen LogP contribution in [0.15, 0.2) is 36.4 Å². The number of rotatable bonds is 6. The maximum atomic E-state index is 13.4. The van der Waals surface area contributed by atoms with E-state index in [2.05, 4.69) is 24.8 Å². The van der Waals surface area contributed by atoms with E-state index in [0.717, 1.165) is 42.6 Å². The van der Waals surface area contributed by atoms with Crippen molar-refractivity contribution in [3.05, 3.63) is 58.7 Å². The molecule has 0 bridgehead atoms. The van der Waals surface area contributed by atoms with Gasteiger partial charge in [-0.15, -0.1) is 0 Å². The monoisotopic (exact) mass is 481 g/mol. The Morgan fingerprint density at radius 2 is 1.71 bits per heavy atom. The fourth-order valence-electron chi connectivity index (χ4n) is 4.93. The number of amides is 2. The summed E-state index contributed by atoms with van der Waals surface area (Å²) in [6.45, 7) is 7.98. The first kappa shape index (κ1) is 24.9. The first-order valence-electron chi connectivity index (χ1n) is 12.1. The Morgan fingerprint density at radius 3 is 2.40 bits per heavy atom. The number of hydrogen-bond donors (Lipinski definition) is 1. The maximum absolute atomic E-state index is 13.4. The Morgan fingerprint density at radius 1 is 1.00 bits per heavy atom. The van der Waals surface area contributed by atoms with Crippen molar-refractivity contribution in [2.75, 3.05) is 40.4 Å². The summed E-state index contributed by atoms with van der Waals surface area (Å²) >= 11 is 0. The van der Waals surface area contributed by atoms with Crippen molar-refractivity contribution in [3.63, 3.8) is 0 Å². The third-order valence-electron chi connectivity index (χ3n) is 7.34. The van der Waals surface area contributed by atoms with Crippen molar-refractivity contribution in [3.8, 4) is 11.5 Å². The van der Waals surface area contributed by atoms with Crippen molar-refractivity contribution in [2.45, 2.75) is 45.3 Å². The minimum absolute atomic E-state index is 0.0298. The highest BCUT2D eigenvalue weighted by Crippen LogP contribution is 2.35. The van der Waals surface area contributed by atoms with Crippen LogP contribution in [0.3, 0.4) is 0 Å². The first-order valence-corrected chi connectivity index (χ1v) is 12.1. The molecule has 0 aliphatic carbocycles. The van der Waals surface area contributed by atoms with Gasteiger partial charge in [-0.05, 0) is 61.6 Å². The third kappa shape index (κ3) is 5.22. The molecule has 2 amide bonds. The van der Waals surface area contributed by atoms with E-state index in [1.165, 1.54) is 12.7 Å². The molecule has 8 nitrogen and oxygen atoms in total. The van der Waals surface area contributed by atoms with Gasteiger partial charge in [0.05, 0.1) is 14.2 Å². The summed E-state index contributed by atoms with van der Waals surface area (Å²) in [4.78, 5) is 31.1. The van der Waals surface area contributed by atoms with Crippen LogP contribution in [0.4, 0.5) is 4.79 Å². The van der Waals surface area contributed by atoms with Gasteiger partial charge in [-0.3, -0.25) is 9.69 Å². The largest absolute Gasteiger partial charge is 0.504 e. The second-order valence-electron chi connectivity index (χ2n) is 9.87. The van der Waals surface area contributed by atoms with Crippen LogP contribution in [0, 0.1) is 0 Å². The fraction of sp³-hybridized carbons (Fsp3) is 0.481. The Balaban J connectivity index is 1.42. The van der Waals surface area contributed by atoms with Gasteiger partial charge in [0.15, 0.2) is 11.5 Å². The van der Waals surface area contributed by atoms with Crippen molar-refractivity contribution >= 4 is 12.0 Å². The molecule has 35 heavy (non-hydrogen) atoms. The van der Waals surface area contributed by atoms with E-state index in [9.17, 15) is 14.7 Å². The zero-order valence-electron chi connectivity index (χ0n) is 21.0. The van der Waals surface area contributed by atoms with Crippen LogP contribution >= 0.6 is 0 Å². The average Bonchev–Trinajstić information content (AvgIpc) is 3.33. The quantitative estimate of drug-likeness (QED) is 0.678. The summed E-state index contributed by atoms with van der Waals surface area (Å²) in [5.41, 5.74) is 4.09. The molecule has 0 unspecified atom stereocenters. The maximum Gasteiger partial charge on any atom is 0.409 e. The van der Waals surface area contributed by atoms with Crippen LogP contribution < -0.4 is 4.74 Å². The predicted octanol–water partition coefficient (Wildman–Crippen LogP) is 3.65. The van der Waals surface area contributed by atoms with Gasteiger partial charge in [0, 0.05) is 50.4 Å². The molecule has 1 fully saturated rings. The van der Waals surface area contributed by atoms with Gasteiger partial charge >= 0.3 is 6.09 Å². The number of carbonyl (C=O) groups excluding carboxylic acids is 2. The van der Waals surface area contributed by atoms with Crippen molar-refractivity contribution < 1.29 is 24.2 Å². The number of carbonyl (C=O) groups is 2. The fourth-order valence-corrected chi connectivity index (χ4v) is 4.93. The van der Waals surface area contributed by atoms with E-state index in [4.69, 9.17) is 9.47 Å². The highest BCUT2D eigenvalue weighted by Gasteiger charge is 2.35. The van der Waals surface area contributed by atoms with E-state index in [1.807, 2.05) is 29.2 Å². The number of phenols is 1. The average molecular weight is 482 g/mol. The van der Waals surface area contributed by atoms with Crippen molar-refractivity contribution in [1.82, 2.24) is 14.7 Å². The van der Waals surface area contributed by atoms with Crippen LogP contribution in [0.5, 0.6) is 11.5 Å². The normalized spacial score (nSPS) is 16.2. The highest BCUT2D eigenvalue weighted by atomic mass is 16.5. The number of piperazine rings is 1. The van der Waals surface area contributed by atoms with E-state index >= 15 is 0 Å². The molecule has 2 aliphatic rings. The summed E-state index contributed by atoms with van der Waals surface area (Å²) < 4.78 is 10.0. The van der Waals surface area contributed by atoms with Gasteiger partial charge in [-0.1, -0.05) is 18.2 Å². The summed E-state index contributed by atoms with van der Waals surface area (Å²) in [7, 11) is 2.93. The zero-order chi connectivity index (χ0) is 25.2. The van der Waals surface area contributed by atoms with E-state index in [0.29, 0.717) is 31.9 Å². The topological polar surface area (TPSA) is 82.6 Å². The molecular weight excluding hydrogens is 446 g/mol. The number of aryl methyl sites for hydroxylation is 1. The van der Waals surface area contributed by atoms with Crippen molar-refractivity contribution in [1.29, 1.82) is 0 Å². The SMILES string of the molecule is COC(=O)N1CCN(C(=O)c2cccc3c2CN(C(C)(C)CCc2ccc(O)c(OC)c2)C3)CC1. The number of aromatic hydroxyl groups is 1. The molecular formula is C27H35N3O5. The Kier molecular flexibility index (Phi) is 7.21. The highest BCUT2D eigenvalue weighted by molar-refractivity contribution is 5.96. The Bertz CT molecular complexity index is 1090. The molecule has 8 heteroatoms.